The van der Waals surface area contributed by atoms with Gasteiger partial charge in [-0.1, -0.05) is 113 Å². The van der Waals surface area contributed by atoms with Crippen molar-refractivity contribution in [3.63, 3.8) is 0 Å². The zero-order valence-electron chi connectivity index (χ0n) is 71.7. The van der Waals surface area contributed by atoms with E-state index < -0.39 is 0 Å². The minimum absolute atomic E-state index is 0.0669. The highest BCUT2D eigenvalue weighted by atomic mass is 16.5. The molecule has 2 atom stereocenters. The average Bonchev–Trinajstić information content (AvgIpc) is 1.77. The molecule has 0 saturated carbocycles. The normalized spacial score (nSPS) is 15.9. The first-order valence-corrected chi connectivity index (χ1v) is 41.0. The Morgan fingerprint density at radius 2 is 0.943 bits per heavy atom. The SMILES string of the molecule is CCCCCN1CCC(NC(C)(C)C)CC1.CCCc1cccc(OCCNC(C)(C)C)c1.CCOCCC(=O)N1CC[C@@H](NC(C)(C)C)C1.CCOCCc1ccc(CNC(C)(C)C)cc1.CCOc1ccccc1C(=O)N1CC[C@@H](NC(C)(C)C)C1.CCc1ccc(CCCCNC(C)(C)C)cc1. The molecule has 3 aliphatic rings. The summed E-state index contributed by atoms with van der Waals surface area (Å²) in [6.07, 6.45) is 17.5. The molecule has 4 aromatic carbocycles. The first kappa shape index (κ1) is 96.1. The monoisotopic (exact) mass is 1460 g/mol. The lowest BCUT2D eigenvalue weighted by molar-refractivity contribution is -0.131. The quantitative estimate of drug-likeness (QED) is 0.0258. The van der Waals surface area contributed by atoms with E-state index in [9.17, 15) is 9.59 Å². The summed E-state index contributed by atoms with van der Waals surface area (Å²) in [5.74, 6) is 1.94. The second-order valence-electron chi connectivity index (χ2n) is 35.0. The predicted molar refractivity (Wildman–Crippen MR) is 449 cm³/mol. The number of carbonyl (C=O) groups is 2. The highest BCUT2D eigenvalue weighted by molar-refractivity contribution is 5.97. The molecule has 0 unspecified atom stereocenters. The number of rotatable bonds is 32. The molecule has 600 valence electrons. The van der Waals surface area contributed by atoms with Crippen LogP contribution in [-0.4, -0.2) is 176 Å². The third kappa shape index (κ3) is 49.7. The second-order valence-corrected chi connectivity index (χ2v) is 35.0. The lowest BCUT2D eigenvalue weighted by Crippen LogP contribution is -2.49. The standard InChI is InChI=1S/C17H26N2O2.C16H27N.2C15H25NO.C14H30N2.C13H26N2O2/c1-5-21-15-9-7-6-8-14(15)16(20)19-11-10-13(12-19)18-17(2,3)4;1-5-14-9-11-15(12-10-14)8-6-7-13-17-16(2,3)4;1-5-17-11-10-13-6-8-14(9-7-13)12-16-15(2,3)4;1-5-7-13-8-6-9-14(12-13)17-11-10-16-15(2,3)4;1-5-6-7-10-16-11-8-13(9-12-16)15-14(2,3)4;1-5-17-9-7-12(16)15-8-6-11(10-15)14-13(2,3)4/h6-9,13,18H,5,10-12H2,1-4H3;9-12,17H,5-8,13H2,1-4H3;6-9,16H,5,10-12H2,1-4H3;6,8-9,12,16H,5,7,10-11H2,1-4H3;13,15H,5-12H2,1-4H3;11,14H,5-10H2,1-4H3/t13-;;;;;11-/m1....1/s1. The fraction of sp³-hybridized carbons (Fsp3) is 0.711. The van der Waals surface area contributed by atoms with Crippen molar-refractivity contribution in [2.24, 2.45) is 0 Å². The number of nitrogens with zero attached hydrogens (tertiary/aromatic N) is 3. The van der Waals surface area contributed by atoms with Crippen molar-refractivity contribution in [1.29, 1.82) is 0 Å². The molecule has 0 spiro atoms. The van der Waals surface area contributed by atoms with Crippen molar-refractivity contribution in [2.45, 2.75) is 320 Å². The van der Waals surface area contributed by atoms with Gasteiger partial charge >= 0.3 is 0 Å². The first-order chi connectivity index (χ1) is 49.4. The molecule has 3 saturated heterocycles. The first-order valence-electron chi connectivity index (χ1n) is 41.0. The Balaban J connectivity index is 0.000000429. The number of likely N-dealkylation sites (tertiary alicyclic amines) is 3. The molecule has 0 radical (unpaired) electrons. The molecule has 15 nitrogen and oxygen atoms in total. The number of hydrogen-bond donors (Lipinski definition) is 6. The largest absolute Gasteiger partial charge is 0.493 e. The van der Waals surface area contributed by atoms with Gasteiger partial charge in [0, 0.05) is 104 Å². The molecule has 4 aromatic rings. The van der Waals surface area contributed by atoms with E-state index in [0.717, 1.165) is 103 Å². The van der Waals surface area contributed by atoms with E-state index in [2.05, 4.69) is 249 Å². The van der Waals surface area contributed by atoms with Crippen LogP contribution in [0.5, 0.6) is 11.5 Å². The molecule has 7 rings (SSSR count). The lowest BCUT2D eigenvalue weighted by atomic mass is 10.00. The maximum Gasteiger partial charge on any atom is 0.257 e. The highest BCUT2D eigenvalue weighted by Crippen LogP contribution is 2.24. The van der Waals surface area contributed by atoms with Gasteiger partial charge < -0.3 is 65.5 Å². The van der Waals surface area contributed by atoms with Crippen molar-refractivity contribution < 1.29 is 28.5 Å². The predicted octanol–water partition coefficient (Wildman–Crippen LogP) is 17.6. The third-order valence-electron chi connectivity index (χ3n) is 17.7. The van der Waals surface area contributed by atoms with Crippen LogP contribution in [0.25, 0.3) is 0 Å². The van der Waals surface area contributed by atoms with E-state index in [1.807, 2.05) is 60.9 Å². The van der Waals surface area contributed by atoms with Crippen molar-refractivity contribution in [1.82, 2.24) is 46.6 Å². The number of nitrogens with one attached hydrogen (secondary N) is 6. The van der Waals surface area contributed by atoms with Crippen LogP contribution in [0.1, 0.15) is 275 Å². The van der Waals surface area contributed by atoms with Gasteiger partial charge in [-0.05, 0) is 294 Å². The van der Waals surface area contributed by atoms with Crippen LogP contribution in [0.2, 0.25) is 0 Å². The van der Waals surface area contributed by atoms with E-state index in [-0.39, 0.29) is 45.0 Å². The van der Waals surface area contributed by atoms with E-state index in [1.165, 1.54) is 105 Å². The summed E-state index contributed by atoms with van der Waals surface area (Å²) in [5.41, 5.74) is 8.66. The summed E-state index contributed by atoms with van der Waals surface area (Å²) in [5, 5.41) is 21.3. The van der Waals surface area contributed by atoms with Gasteiger partial charge in [0.2, 0.25) is 5.91 Å². The van der Waals surface area contributed by atoms with Crippen LogP contribution in [0.15, 0.2) is 97.1 Å². The number of aryl methyl sites for hydroxylation is 3. The van der Waals surface area contributed by atoms with Crippen LogP contribution >= 0.6 is 0 Å². The smallest absolute Gasteiger partial charge is 0.257 e. The minimum atomic E-state index is 0.0669. The zero-order valence-corrected chi connectivity index (χ0v) is 71.7. The van der Waals surface area contributed by atoms with Crippen LogP contribution < -0.4 is 41.4 Å². The zero-order chi connectivity index (χ0) is 78.5. The Kier molecular flexibility index (Phi) is 47.1. The molecule has 6 N–H and O–H groups in total. The highest BCUT2D eigenvalue weighted by Gasteiger charge is 2.31. The summed E-state index contributed by atoms with van der Waals surface area (Å²) in [7, 11) is 0. The second kappa shape index (κ2) is 51.5. The molecule has 0 aliphatic carbocycles. The van der Waals surface area contributed by atoms with Gasteiger partial charge in [0.25, 0.3) is 5.91 Å². The number of amides is 2. The molecule has 3 aliphatic heterocycles. The maximum absolute atomic E-state index is 12.7. The number of benzene rings is 4. The number of carbonyl (C=O) groups excluding carboxylic acids is 2. The van der Waals surface area contributed by atoms with Crippen molar-refractivity contribution in [3.05, 3.63) is 130 Å². The number of para-hydroxylation sites is 1. The molecular formula is C90H159N9O6. The van der Waals surface area contributed by atoms with Crippen molar-refractivity contribution in [3.8, 4) is 11.5 Å². The van der Waals surface area contributed by atoms with Gasteiger partial charge in [0.05, 0.1) is 31.8 Å². The summed E-state index contributed by atoms with van der Waals surface area (Å²) in [6, 6.07) is 35.2. The van der Waals surface area contributed by atoms with E-state index >= 15 is 0 Å². The molecule has 15 heteroatoms. The molecule has 3 heterocycles. The van der Waals surface area contributed by atoms with Gasteiger partial charge in [0.15, 0.2) is 0 Å². The Labute approximate surface area is 644 Å². The van der Waals surface area contributed by atoms with Gasteiger partial charge in [0.1, 0.15) is 18.1 Å². The number of piperidine rings is 1. The summed E-state index contributed by atoms with van der Waals surface area (Å²) in [4.78, 5) is 31.0. The Morgan fingerprint density at radius 3 is 1.49 bits per heavy atom. The molecule has 0 bridgehead atoms. The number of hydrogen-bond acceptors (Lipinski definition) is 13. The van der Waals surface area contributed by atoms with Gasteiger partial charge in [-0.2, -0.15) is 0 Å². The maximum atomic E-state index is 12.7. The molecule has 105 heavy (non-hydrogen) atoms. The van der Waals surface area contributed by atoms with E-state index in [1.54, 1.807) is 0 Å². The van der Waals surface area contributed by atoms with Crippen LogP contribution in [0.3, 0.4) is 0 Å². The van der Waals surface area contributed by atoms with Crippen LogP contribution in [-0.2, 0) is 46.5 Å². The number of unbranched alkanes of at least 4 members (excludes halogenated alkanes) is 3. The fourth-order valence-corrected chi connectivity index (χ4v) is 12.5. The Bertz CT molecular complexity index is 2850. The molecule has 2 amide bonds. The Hall–Kier alpha value is -4.94. The van der Waals surface area contributed by atoms with Gasteiger partial charge in [-0.25, -0.2) is 0 Å². The molecular weight excluding hydrogens is 1300 g/mol. The van der Waals surface area contributed by atoms with E-state index in [0.29, 0.717) is 56.2 Å². The molecule has 3 fully saturated rings. The molecule has 0 aromatic heterocycles. The van der Waals surface area contributed by atoms with Crippen LogP contribution in [0.4, 0.5) is 0 Å². The van der Waals surface area contributed by atoms with Gasteiger partial charge in [-0.15, -0.1) is 0 Å². The summed E-state index contributed by atoms with van der Waals surface area (Å²) >= 11 is 0. The lowest BCUT2D eigenvalue weighted by Gasteiger charge is -2.36. The van der Waals surface area contributed by atoms with E-state index in [4.69, 9.17) is 18.9 Å². The summed E-state index contributed by atoms with van der Waals surface area (Å²) in [6.45, 7) is 66.2. The third-order valence-corrected chi connectivity index (χ3v) is 17.7. The van der Waals surface area contributed by atoms with Crippen molar-refractivity contribution >= 4 is 11.8 Å². The van der Waals surface area contributed by atoms with Crippen LogP contribution in [0, 0.1) is 0 Å². The minimum Gasteiger partial charge on any atom is -0.493 e. The number of ether oxygens (including phenoxy) is 4. The van der Waals surface area contributed by atoms with Crippen molar-refractivity contribution in [2.75, 3.05) is 98.5 Å². The topological polar surface area (TPSA) is 153 Å². The van der Waals surface area contributed by atoms with Gasteiger partial charge in [-0.3, -0.25) is 9.59 Å². The Morgan fingerprint density at radius 1 is 0.429 bits per heavy atom. The average molecular weight is 1460 g/mol. The summed E-state index contributed by atoms with van der Waals surface area (Å²) < 4.78 is 21.8. The fourth-order valence-electron chi connectivity index (χ4n) is 12.5.